The molecule has 0 saturated heterocycles. The topological polar surface area (TPSA) is 0 Å². The van der Waals surface area contributed by atoms with E-state index in [-0.39, 0.29) is 6.42 Å². The van der Waals surface area contributed by atoms with Gasteiger partial charge < -0.3 is 0 Å². The molecule has 0 aromatic heterocycles. The van der Waals surface area contributed by atoms with Crippen molar-refractivity contribution >= 4 is 0 Å². The van der Waals surface area contributed by atoms with Gasteiger partial charge in [0.2, 0.25) is 0 Å². The van der Waals surface area contributed by atoms with Gasteiger partial charge in [0.15, 0.2) is 0 Å². The second kappa shape index (κ2) is 3.51. The fraction of sp³-hybridized carbons (Fsp3) is 1.00. The van der Waals surface area contributed by atoms with Crippen molar-refractivity contribution in [2.24, 2.45) is 0 Å². The summed E-state index contributed by atoms with van der Waals surface area (Å²) >= 11 is 0. The normalized spacial score (nSPS) is 41.2. The number of halogens is 2. The zero-order valence-corrected chi connectivity index (χ0v) is 7.08. The molecular formula is C9H16F2. The summed E-state index contributed by atoms with van der Waals surface area (Å²) < 4.78 is 26.2. The zero-order chi connectivity index (χ0) is 8.32. The molecule has 0 nitrogen and oxygen atoms in total. The molecule has 0 N–H and O–H groups in total. The van der Waals surface area contributed by atoms with Gasteiger partial charge in [-0.15, -0.1) is 0 Å². The molecule has 1 aliphatic carbocycles. The molecule has 0 radical (unpaired) electrons. The number of hydrogen-bond acceptors (Lipinski definition) is 0. The largest absolute Gasteiger partial charge is 0.247 e. The Morgan fingerprint density at radius 3 is 2.73 bits per heavy atom. The standard InChI is InChI=1S/C9H16F2/c1-9(11)6-4-2-3-5-8(10)7-9/h8H,2-7H2,1H3. The van der Waals surface area contributed by atoms with Crippen LogP contribution in [0.25, 0.3) is 0 Å². The van der Waals surface area contributed by atoms with Gasteiger partial charge in [0.25, 0.3) is 0 Å². The minimum Gasteiger partial charge on any atom is -0.247 e. The lowest BCUT2D eigenvalue weighted by molar-refractivity contribution is 0.0970. The van der Waals surface area contributed by atoms with E-state index in [1.54, 1.807) is 0 Å². The number of alkyl halides is 2. The summed E-state index contributed by atoms with van der Waals surface area (Å²) in [7, 11) is 0. The quantitative estimate of drug-likeness (QED) is 0.512. The van der Waals surface area contributed by atoms with Gasteiger partial charge in [-0.1, -0.05) is 19.3 Å². The summed E-state index contributed by atoms with van der Waals surface area (Å²) in [5.74, 6) is 0. The molecule has 0 amide bonds. The molecule has 0 aliphatic heterocycles. The highest BCUT2D eigenvalue weighted by molar-refractivity contribution is 4.79. The first-order valence-electron chi connectivity index (χ1n) is 4.43. The molecule has 11 heavy (non-hydrogen) atoms. The highest BCUT2D eigenvalue weighted by Gasteiger charge is 2.28. The minimum atomic E-state index is -1.25. The molecule has 1 rings (SSSR count). The Kier molecular flexibility index (Phi) is 2.85. The monoisotopic (exact) mass is 162 g/mol. The first-order valence-corrected chi connectivity index (χ1v) is 4.43. The van der Waals surface area contributed by atoms with Crippen molar-refractivity contribution in [2.45, 2.75) is 57.3 Å². The van der Waals surface area contributed by atoms with E-state index in [1.807, 2.05) is 0 Å². The van der Waals surface area contributed by atoms with Gasteiger partial charge in [0, 0.05) is 6.42 Å². The van der Waals surface area contributed by atoms with Crippen molar-refractivity contribution in [2.75, 3.05) is 0 Å². The Morgan fingerprint density at radius 2 is 2.00 bits per heavy atom. The molecule has 0 spiro atoms. The maximum Gasteiger partial charge on any atom is 0.111 e. The fourth-order valence-electron chi connectivity index (χ4n) is 1.70. The van der Waals surface area contributed by atoms with Gasteiger partial charge in [-0.2, -0.15) is 0 Å². The Balaban J connectivity index is 2.42. The lowest BCUT2D eigenvalue weighted by Gasteiger charge is -2.24. The highest BCUT2D eigenvalue weighted by Crippen LogP contribution is 2.30. The van der Waals surface area contributed by atoms with Gasteiger partial charge in [0.05, 0.1) is 0 Å². The molecular weight excluding hydrogens is 146 g/mol. The van der Waals surface area contributed by atoms with Gasteiger partial charge in [0.1, 0.15) is 11.8 Å². The van der Waals surface area contributed by atoms with E-state index >= 15 is 0 Å². The summed E-state index contributed by atoms with van der Waals surface area (Å²) in [4.78, 5) is 0. The second-order valence-corrected chi connectivity index (χ2v) is 3.81. The average Bonchev–Trinajstić information content (AvgIpc) is 1.82. The molecule has 2 heteroatoms. The molecule has 1 saturated carbocycles. The van der Waals surface area contributed by atoms with Crippen LogP contribution in [0.2, 0.25) is 0 Å². The van der Waals surface area contributed by atoms with Crippen molar-refractivity contribution < 1.29 is 8.78 Å². The molecule has 0 aromatic carbocycles. The minimum absolute atomic E-state index is 0.104. The van der Waals surface area contributed by atoms with E-state index in [2.05, 4.69) is 0 Å². The lowest BCUT2D eigenvalue weighted by Crippen LogP contribution is -2.24. The van der Waals surface area contributed by atoms with Crippen LogP contribution >= 0.6 is 0 Å². The molecule has 66 valence electrons. The van der Waals surface area contributed by atoms with Crippen molar-refractivity contribution in [1.29, 1.82) is 0 Å². The van der Waals surface area contributed by atoms with Crippen molar-refractivity contribution in [1.82, 2.24) is 0 Å². The summed E-state index contributed by atoms with van der Waals surface area (Å²) in [6.07, 6.45) is 3.11. The highest BCUT2D eigenvalue weighted by atomic mass is 19.2. The van der Waals surface area contributed by atoms with Crippen LogP contribution in [0.5, 0.6) is 0 Å². The smallest absolute Gasteiger partial charge is 0.111 e. The Hall–Kier alpha value is -0.140. The number of rotatable bonds is 0. The lowest BCUT2D eigenvalue weighted by atomic mass is 9.89. The maximum absolute atomic E-state index is 13.3. The zero-order valence-electron chi connectivity index (χ0n) is 7.08. The first-order chi connectivity index (χ1) is 5.10. The van der Waals surface area contributed by atoms with Gasteiger partial charge in [-0.3, -0.25) is 0 Å². The summed E-state index contributed by atoms with van der Waals surface area (Å²) in [5.41, 5.74) is -1.25. The van der Waals surface area contributed by atoms with Crippen molar-refractivity contribution in [3.05, 3.63) is 0 Å². The fourth-order valence-corrected chi connectivity index (χ4v) is 1.70. The third-order valence-electron chi connectivity index (χ3n) is 2.36. The van der Waals surface area contributed by atoms with Gasteiger partial charge in [-0.25, -0.2) is 8.78 Å². The van der Waals surface area contributed by atoms with E-state index in [4.69, 9.17) is 0 Å². The van der Waals surface area contributed by atoms with Crippen LogP contribution in [0.15, 0.2) is 0 Å². The molecule has 0 heterocycles. The Labute approximate surface area is 67.0 Å². The Bertz CT molecular complexity index is 121. The predicted octanol–water partition coefficient (Wildman–Crippen LogP) is 3.41. The van der Waals surface area contributed by atoms with Crippen LogP contribution < -0.4 is 0 Å². The summed E-state index contributed by atoms with van der Waals surface area (Å²) in [6.45, 7) is 1.52. The van der Waals surface area contributed by atoms with Crippen LogP contribution in [-0.2, 0) is 0 Å². The van der Waals surface area contributed by atoms with Crippen LogP contribution in [-0.4, -0.2) is 11.8 Å². The van der Waals surface area contributed by atoms with Crippen molar-refractivity contribution in [3.8, 4) is 0 Å². The van der Waals surface area contributed by atoms with E-state index in [0.29, 0.717) is 12.8 Å². The third-order valence-corrected chi connectivity index (χ3v) is 2.36. The molecule has 0 bridgehead atoms. The predicted molar refractivity (Wildman–Crippen MR) is 42.1 cm³/mol. The molecule has 2 atom stereocenters. The first kappa shape index (κ1) is 8.95. The average molecular weight is 162 g/mol. The SMILES string of the molecule is CC1(F)CCCCCC(F)C1. The second-order valence-electron chi connectivity index (χ2n) is 3.81. The summed E-state index contributed by atoms with van der Waals surface area (Å²) in [6, 6.07) is 0. The van der Waals surface area contributed by atoms with Crippen LogP contribution in [0, 0.1) is 0 Å². The van der Waals surface area contributed by atoms with Crippen LogP contribution in [0.3, 0.4) is 0 Å². The van der Waals surface area contributed by atoms with Gasteiger partial charge in [-0.05, 0) is 19.8 Å². The molecule has 1 fully saturated rings. The summed E-state index contributed by atoms with van der Waals surface area (Å²) in [5, 5.41) is 0. The molecule has 0 aromatic rings. The Morgan fingerprint density at radius 1 is 1.27 bits per heavy atom. The van der Waals surface area contributed by atoms with E-state index in [9.17, 15) is 8.78 Å². The number of hydrogen-bond donors (Lipinski definition) is 0. The third kappa shape index (κ3) is 3.17. The maximum atomic E-state index is 13.3. The van der Waals surface area contributed by atoms with Crippen molar-refractivity contribution in [3.63, 3.8) is 0 Å². The van der Waals surface area contributed by atoms with E-state index in [0.717, 1.165) is 19.3 Å². The van der Waals surface area contributed by atoms with Crippen LogP contribution in [0.4, 0.5) is 8.78 Å². The molecule has 1 aliphatic rings. The van der Waals surface area contributed by atoms with Gasteiger partial charge >= 0.3 is 0 Å². The molecule has 2 unspecified atom stereocenters. The van der Waals surface area contributed by atoms with E-state index < -0.39 is 11.8 Å². The van der Waals surface area contributed by atoms with E-state index in [1.165, 1.54) is 6.92 Å². The van der Waals surface area contributed by atoms with Crippen LogP contribution in [0.1, 0.15) is 45.4 Å².